The van der Waals surface area contributed by atoms with Gasteiger partial charge in [0.25, 0.3) is 0 Å². The fraction of sp³-hybridized carbons (Fsp3) is 0.250. The minimum atomic E-state index is -3.39. The van der Waals surface area contributed by atoms with E-state index in [-0.39, 0.29) is 5.75 Å². The molecule has 0 atom stereocenters. The minimum absolute atomic E-state index is 0.0563. The number of aromatic nitrogens is 2. The molecule has 0 aliphatic heterocycles. The largest absolute Gasteiger partial charge is 0.312 e. The summed E-state index contributed by atoms with van der Waals surface area (Å²) in [5.41, 5.74) is 3.11. The van der Waals surface area contributed by atoms with Crippen LogP contribution in [0.5, 0.6) is 0 Å². The molecule has 1 aromatic heterocycles. The lowest BCUT2D eigenvalue weighted by molar-refractivity contribution is 0.592. The number of nitrogens with one attached hydrogen (secondary N) is 2. The highest BCUT2D eigenvalue weighted by molar-refractivity contribution is 7.89. The molecule has 102 valence electrons. The molecule has 0 bridgehead atoms. The molecule has 4 N–H and O–H groups in total. The van der Waals surface area contributed by atoms with Crippen molar-refractivity contribution >= 4 is 10.0 Å². The number of nitrogens with two attached hydrogens (primary N) is 1. The molecule has 0 unspecified atom stereocenters. The van der Waals surface area contributed by atoms with Crippen molar-refractivity contribution in [2.24, 2.45) is 5.14 Å². The Morgan fingerprint density at radius 2 is 1.95 bits per heavy atom. The second kappa shape index (κ2) is 5.96. The third-order valence-corrected chi connectivity index (χ3v) is 3.43. The Bertz CT molecular complexity index is 606. The first-order valence-electron chi connectivity index (χ1n) is 5.84. The fourth-order valence-corrected chi connectivity index (χ4v) is 2.09. The van der Waals surface area contributed by atoms with E-state index in [0.29, 0.717) is 13.1 Å². The van der Waals surface area contributed by atoms with Crippen LogP contribution < -0.4 is 10.5 Å². The van der Waals surface area contributed by atoms with Crippen LogP contribution in [0.3, 0.4) is 0 Å². The van der Waals surface area contributed by atoms with Crippen LogP contribution in [-0.4, -0.2) is 30.9 Å². The molecule has 0 aliphatic rings. The molecular formula is C12H16N4O2S. The van der Waals surface area contributed by atoms with Crippen molar-refractivity contribution in [3.63, 3.8) is 0 Å². The first-order valence-corrected chi connectivity index (χ1v) is 7.56. The number of nitrogens with zero attached hydrogens (tertiary/aromatic N) is 1. The van der Waals surface area contributed by atoms with E-state index >= 15 is 0 Å². The zero-order valence-corrected chi connectivity index (χ0v) is 11.2. The molecule has 2 aromatic rings. The maximum absolute atomic E-state index is 10.7. The molecule has 0 radical (unpaired) electrons. The van der Waals surface area contributed by atoms with E-state index in [1.54, 1.807) is 6.20 Å². The number of benzene rings is 1. The van der Waals surface area contributed by atoms with Crippen LogP contribution in [-0.2, 0) is 16.6 Å². The Morgan fingerprint density at radius 1 is 1.21 bits per heavy atom. The molecule has 0 aliphatic carbocycles. The van der Waals surface area contributed by atoms with Gasteiger partial charge in [0.15, 0.2) is 0 Å². The molecule has 0 amide bonds. The molecule has 0 spiro atoms. The molecule has 7 heteroatoms. The van der Waals surface area contributed by atoms with Crippen LogP contribution in [0.25, 0.3) is 11.3 Å². The summed E-state index contributed by atoms with van der Waals surface area (Å²) in [5.74, 6) is -0.0563. The van der Waals surface area contributed by atoms with Crippen molar-refractivity contribution in [1.29, 1.82) is 0 Å². The molecule has 0 saturated carbocycles. The monoisotopic (exact) mass is 280 g/mol. The zero-order chi connectivity index (χ0) is 13.7. The number of H-pyrrole nitrogens is 1. The minimum Gasteiger partial charge on any atom is -0.312 e. The normalized spacial score (nSPS) is 11.6. The lowest BCUT2D eigenvalue weighted by Gasteiger charge is -2.05. The van der Waals surface area contributed by atoms with Gasteiger partial charge in [0.1, 0.15) is 0 Å². The highest BCUT2D eigenvalue weighted by Crippen LogP contribution is 2.16. The van der Waals surface area contributed by atoms with E-state index in [2.05, 4.69) is 15.5 Å². The molecular weight excluding hydrogens is 264 g/mol. The first-order chi connectivity index (χ1) is 9.04. The summed E-state index contributed by atoms with van der Waals surface area (Å²) < 4.78 is 21.5. The van der Waals surface area contributed by atoms with E-state index in [9.17, 15) is 8.42 Å². The van der Waals surface area contributed by atoms with Gasteiger partial charge in [0.2, 0.25) is 10.0 Å². The van der Waals surface area contributed by atoms with Gasteiger partial charge in [-0.2, -0.15) is 5.10 Å². The maximum Gasteiger partial charge on any atom is 0.210 e. The lowest BCUT2D eigenvalue weighted by Crippen LogP contribution is -2.26. The number of primary sulfonamides is 1. The Labute approximate surface area is 112 Å². The van der Waals surface area contributed by atoms with Crippen LogP contribution in [0.4, 0.5) is 0 Å². The number of hydrogen-bond donors (Lipinski definition) is 3. The number of hydrogen-bond acceptors (Lipinski definition) is 4. The van der Waals surface area contributed by atoms with Crippen LogP contribution in [0.15, 0.2) is 36.5 Å². The van der Waals surface area contributed by atoms with Crippen molar-refractivity contribution in [3.8, 4) is 11.3 Å². The van der Waals surface area contributed by atoms with Crippen molar-refractivity contribution in [3.05, 3.63) is 42.1 Å². The first kappa shape index (κ1) is 13.7. The summed E-state index contributed by atoms with van der Waals surface area (Å²) in [7, 11) is -3.39. The third kappa shape index (κ3) is 4.47. The van der Waals surface area contributed by atoms with Crippen molar-refractivity contribution < 1.29 is 8.42 Å². The van der Waals surface area contributed by atoms with Gasteiger partial charge in [0, 0.05) is 19.3 Å². The van der Waals surface area contributed by atoms with Gasteiger partial charge in [-0.25, -0.2) is 13.6 Å². The summed E-state index contributed by atoms with van der Waals surface area (Å²) in [4.78, 5) is 0. The molecule has 19 heavy (non-hydrogen) atoms. The zero-order valence-electron chi connectivity index (χ0n) is 10.3. The van der Waals surface area contributed by atoms with Crippen molar-refractivity contribution in [1.82, 2.24) is 15.5 Å². The predicted octanol–water partition coefficient (Wildman–Crippen LogP) is 0.455. The molecule has 1 heterocycles. The van der Waals surface area contributed by atoms with Crippen molar-refractivity contribution in [2.45, 2.75) is 6.54 Å². The fourth-order valence-electron chi connectivity index (χ4n) is 1.67. The second-order valence-corrected chi connectivity index (χ2v) is 5.94. The highest BCUT2D eigenvalue weighted by Gasteiger charge is 2.02. The van der Waals surface area contributed by atoms with Crippen LogP contribution in [0.1, 0.15) is 5.56 Å². The predicted molar refractivity (Wildman–Crippen MR) is 73.7 cm³/mol. The van der Waals surface area contributed by atoms with E-state index in [1.165, 1.54) is 0 Å². The van der Waals surface area contributed by atoms with Gasteiger partial charge < -0.3 is 5.32 Å². The van der Waals surface area contributed by atoms with Gasteiger partial charge in [-0.15, -0.1) is 0 Å². The summed E-state index contributed by atoms with van der Waals surface area (Å²) in [6.07, 6.45) is 1.71. The van der Waals surface area contributed by atoms with Crippen molar-refractivity contribution in [2.75, 3.05) is 12.3 Å². The van der Waals surface area contributed by atoms with Crippen LogP contribution >= 0.6 is 0 Å². The smallest absolute Gasteiger partial charge is 0.210 e. The Balaban J connectivity index is 1.86. The number of sulfonamides is 1. The molecule has 6 nitrogen and oxygen atoms in total. The van der Waals surface area contributed by atoms with Crippen LogP contribution in [0.2, 0.25) is 0 Å². The summed E-state index contributed by atoms with van der Waals surface area (Å²) in [6, 6.07) is 9.86. The average Bonchev–Trinajstić information content (AvgIpc) is 2.88. The summed E-state index contributed by atoms with van der Waals surface area (Å²) in [5, 5.41) is 14.7. The van der Waals surface area contributed by atoms with Crippen LogP contribution in [0, 0.1) is 0 Å². The summed E-state index contributed by atoms with van der Waals surface area (Å²) >= 11 is 0. The van der Waals surface area contributed by atoms with E-state index in [0.717, 1.165) is 16.8 Å². The topological polar surface area (TPSA) is 101 Å². The number of aromatic amines is 1. The Hall–Kier alpha value is -1.70. The third-order valence-electron chi connectivity index (χ3n) is 2.66. The Morgan fingerprint density at radius 3 is 2.53 bits per heavy atom. The molecule has 0 fully saturated rings. The number of rotatable bonds is 6. The molecule has 0 saturated heterocycles. The highest BCUT2D eigenvalue weighted by atomic mass is 32.2. The summed E-state index contributed by atoms with van der Waals surface area (Å²) in [6.45, 7) is 0.958. The lowest BCUT2D eigenvalue weighted by atomic mass is 10.1. The average molecular weight is 280 g/mol. The second-order valence-electron chi connectivity index (χ2n) is 4.21. The Kier molecular flexibility index (Phi) is 4.31. The van der Waals surface area contributed by atoms with Gasteiger partial charge in [-0.05, 0) is 17.2 Å². The standard InChI is InChI=1S/C12H16N4O2S/c13-19(17,18)8-7-14-9-10-1-3-11(4-2-10)12-5-6-15-16-12/h1-6,14H,7-9H2,(H,15,16)(H2,13,17,18). The van der Waals surface area contributed by atoms with E-state index in [4.69, 9.17) is 5.14 Å². The van der Waals surface area contributed by atoms with Gasteiger partial charge in [-0.3, -0.25) is 5.10 Å². The maximum atomic E-state index is 10.7. The van der Waals surface area contributed by atoms with E-state index in [1.807, 2.05) is 30.3 Å². The molecule has 2 rings (SSSR count). The van der Waals surface area contributed by atoms with Gasteiger partial charge in [-0.1, -0.05) is 24.3 Å². The SMILES string of the molecule is NS(=O)(=O)CCNCc1ccc(-c2ccn[nH]2)cc1. The van der Waals surface area contributed by atoms with Gasteiger partial charge in [0.05, 0.1) is 11.4 Å². The molecule has 1 aromatic carbocycles. The van der Waals surface area contributed by atoms with Gasteiger partial charge >= 0.3 is 0 Å². The quantitative estimate of drug-likeness (QED) is 0.669. The van der Waals surface area contributed by atoms with E-state index < -0.39 is 10.0 Å².